The van der Waals surface area contributed by atoms with E-state index in [0.29, 0.717) is 12.5 Å². The lowest BCUT2D eigenvalue weighted by Gasteiger charge is -2.27. The van der Waals surface area contributed by atoms with Crippen molar-refractivity contribution in [3.8, 4) is 5.75 Å². The van der Waals surface area contributed by atoms with Crippen LogP contribution in [0.2, 0.25) is 0 Å². The van der Waals surface area contributed by atoms with E-state index in [1.165, 1.54) is 5.56 Å². The maximum Gasteiger partial charge on any atom is 0.323 e. The number of carbonyl (C=O) groups is 1. The highest BCUT2D eigenvalue weighted by molar-refractivity contribution is 7.89. The molecule has 0 unspecified atom stereocenters. The molecule has 25 heavy (non-hydrogen) atoms. The summed E-state index contributed by atoms with van der Waals surface area (Å²) in [4.78, 5) is 11.5. The molecule has 0 radical (unpaired) electrons. The number of carbonyl (C=O) groups excluding carboxylic acids is 1. The molecular weight excluding hydrogens is 374 g/mol. The van der Waals surface area contributed by atoms with Crippen molar-refractivity contribution < 1.29 is 41.1 Å². The Kier molecular flexibility index (Phi) is 19.9. The van der Waals surface area contributed by atoms with Crippen molar-refractivity contribution in [2.75, 3.05) is 6.61 Å². The number of halogens is 6. The van der Waals surface area contributed by atoms with Crippen LogP contribution in [0.3, 0.4) is 0 Å². The zero-order valence-electron chi connectivity index (χ0n) is 13.6. The van der Waals surface area contributed by atoms with E-state index in [1.807, 2.05) is 19.1 Å². The summed E-state index contributed by atoms with van der Waals surface area (Å²) in [5.74, 6) is 0.765. The summed E-state index contributed by atoms with van der Waals surface area (Å²) in [6, 6.07) is 8.15. The largest absolute Gasteiger partial charge is 0.494 e. The van der Waals surface area contributed by atoms with Gasteiger partial charge in [0.2, 0.25) is 0 Å². The number of rotatable bonds is 5. The Hall–Kier alpha value is -1.58. The minimum atomic E-state index is -0.428. The molecule has 3 nitrogen and oxygen atoms in total. The molecule has 1 aliphatic carbocycles. The molecule has 1 fully saturated rings. The molecular formula is C15H24F6O3S. The van der Waals surface area contributed by atoms with Crippen LogP contribution in [-0.4, -0.2) is 12.6 Å². The molecule has 1 aromatic rings. The van der Waals surface area contributed by atoms with E-state index in [1.54, 1.807) is 0 Å². The molecule has 0 heterocycles. The first-order valence-electron chi connectivity index (χ1n) is 6.96. The second-order valence-corrected chi connectivity index (χ2v) is 5.31. The lowest BCUT2D eigenvalue weighted by Crippen LogP contribution is -2.21. The van der Waals surface area contributed by atoms with E-state index in [0.717, 1.165) is 31.4 Å². The van der Waals surface area contributed by atoms with Gasteiger partial charge in [-0.2, -0.15) is 0 Å². The Morgan fingerprint density at radius 3 is 2.00 bits per heavy atom. The fraction of sp³-hybridized carbons (Fsp3) is 0.533. The Bertz CT molecular complexity index is 441. The van der Waals surface area contributed by atoms with Crippen LogP contribution in [0.15, 0.2) is 24.3 Å². The molecule has 0 atom stereocenters. The van der Waals surface area contributed by atoms with Gasteiger partial charge in [-0.15, -0.1) is 3.89 Å². The van der Waals surface area contributed by atoms with E-state index in [-0.39, 0.29) is 41.9 Å². The van der Waals surface area contributed by atoms with Crippen molar-refractivity contribution in [2.24, 2.45) is 5.92 Å². The second-order valence-electron chi connectivity index (χ2n) is 5.02. The molecule has 150 valence electrons. The predicted molar refractivity (Wildman–Crippen MR) is 89.6 cm³/mol. The molecule has 0 saturated heterocycles. The average molecular weight is 398 g/mol. The van der Waals surface area contributed by atoms with Gasteiger partial charge in [0.1, 0.15) is 5.75 Å². The van der Waals surface area contributed by atoms with Gasteiger partial charge in [0, 0.05) is 0 Å². The van der Waals surface area contributed by atoms with E-state index in [9.17, 15) is 8.68 Å². The van der Waals surface area contributed by atoms with Crippen molar-refractivity contribution in [1.29, 1.82) is 0 Å². The highest BCUT2D eigenvalue weighted by Gasteiger charge is 2.28. The van der Waals surface area contributed by atoms with Crippen LogP contribution in [0.4, 0.5) is 27.4 Å². The lowest BCUT2D eigenvalue weighted by atomic mass is 9.79. The van der Waals surface area contributed by atoms with Gasteiger partial charge in [0.25, 0.3) is 12.4 Å². The smallest absolute Gasteiger partial charge is 0.323 e. The predicted octanol–water partition coefficient (Wildman–Crippen LogP) is 5.20. The van der Waals surface area contributed by atoms with Gasteiger partial charge in [-0.3, -0.25) is 28.3 Å². The summed E-state index contributed by atoms with van der Waals surface area (Å²) in [7, 11) is 0. The third-order valence-corrected chi connectivity index (χ3v) is 4.06. The van der Waals surface area contributed by atoms with Crippen molar-refractivity contribution >= 4 is 18.4 Å². The molecule has 1 saturated carbocycles. The maximum absolute atomic E-state index is 11.9. The van der Waals surface area contributed by atoms with Crippen molar-refractivity contribution in [1.82, 2.24) is 0 Å². The average Bonchev–Trinajstić information content (AvgIpc) is 2.49. The van der Waals surface area contributed by atoms with Crippen LogP contribution in [0, 0.1) is 5.92 Å². The van der Waals surface area contributed by atoms with Crippen LogP contribution in [0.5, 0.6) is 5.75 Å². The molecule has 1 aromatic carbocycles. The molecule has 0 aromatic heterocycles. The zero-order chi connectivity index (χ0) is 14.4. The monoisotopic (exact) mass is 398 g/mol. The Morgan fingerprint density at radius 2 is 1.56 bits per heavy atom. The van der Waals surface area contributed by atoms with Crippen molar-refractivity contribution in [3.63, 3.8) is 0 Å². The summed E-state index contributed by atoms with van der Waals surface area (Å²) in [6.07, 6.45) is 3.39. The lowest BCUT2D eigenvalue weighted by molar-refractivity contribution is -0.138. The van der Waals surface area contributed by atoms with Crippen molar-refractivity contribution in [2.45, 2.75) is 38.5 Å². The first-order valence-corrected chi connectivity index (χ1v) is 7.60. The molecule has 0 bridgehead atoms. The van der Waals surface area contributed by atoms with E-state index < -0.39 is 5.97 Å². The van der Waals surface area contributed by atoms with Crippen LogP contribution in [0.25, 0.3) is 0 Å². The number of ether oxygens (including phenoxy) is 1. The summed E-state index contributed by atoms with van der Waals surface area (Å²) in [5, 5.41) is 0. The highest BCUT2D eigenvalue weighted by atomic mass is 32.2. The normalized spacial score (nSPS) is 17.8. The summed E-state index contributed by atoms with van der Waals surface area (Å²) >= 11 is -0.357. The third kappa shape index (κ3) is 8.89. The fourth-order valence-corrected chi connectivity index (χ4v) is 2.96. The Balaban J connectivity index is -0.000000441. The van der Waals surface area contributed by atoms with E-state index >= 15 is 0 Å². The quantitative estimate of drug-likeness (QED) is 0.505. The number of hydrogen-bond donors (Lipinski definition) is 0. The highest BCUT2D eigenvalue weighted by Crippen LogP contribution is 2.37. The van der Waals surface area contributed by atoms with Crippen molar-refractivity contribution in [3.05, 3.63) is 29.8 Å². The van der Waals surface area contributed by atoms with Gasteiger partial charge in [0.15, 0.2) is 0 Å². The molecule has 1 aliphatic rings. The summed E-state index contributed by atoms with van der Waals surface area (Å²) in [6.45, 7) is 2.63. The van der Waals surface area contributed by atoms with Crippen LogP contribution < -0.4 is 4.74 Å². The third-order valence-electron chi connectivity index (χ3n) is 3.84. The topological polar surface area (TPSA) is 35.5 Å². The zero-order valence-corrected chi connectivity index (χ0v) is 14.4. The van der Waals surface area contributed by atoms with Crippen LogP contribution in [-0.2, 0) is 8.98 Å². The molecule has 10 heteroatoms. The van der Waals surface area contributed by atoms with Gasteiger partial charge in [0.05, 0.1) is 12.5 Å². The van der Waals surface area contributed by atoms with E-state index in [4.69, 9.17) is 4.74 Å². The molecule has 0 N–H and O–H groups in total. The molecule has 0 spiro atoms. The van der Waals surface area contributed by atoms with Gasteiger partial charge in [-0.25, -0.2) is 0 Å². The van der Waals surface area contributed by atoms with Crippen LogP contribution >= 0.6 is 12.4 Å². The standard InChI is InChI=1S/C15H19FO3S.5FH/c1-2-18-14-9-7-12(8-10-14)11-3-5-13(6-4-11)15(17)19-20-16;;;;;/h7-11,13H,2-6H2,1H3;5*1H. The van der Waals surface area contributed by atoms with Gasteiger partial charge < -0.3 is 8.92 Å². The fourth-order valence-electron chi connectivity index (χ4n) is 2.76. The first-order chi connectivity index (χ1) is 9.74. The minimum absolute atomic E-state index is 0. The number of benzene rings is 1. The SMILES string of the molecule is CCOc1ccc(C2CCC(C(=O)OSF)CC2)cc1.F.F.F.F.F. The van der Waals surface area contributed by atoms with Gasteiger partial charge >= 0.3 is 5.97 Å². The van der Waals surface area contributed by atoms with E-state index in [2.05, 4.69) is 16.3 Å². The van der Waals surface area contributed by atoms with Gasteiger partial charge in [-0.1, -0.05) is 12.1 Å². The Morgan fingerprint density at radius 1 is 1.04 bits per heavy atom. The minimum Gasteiger partial charge on any atom is -0.494 e. The van der Waals surface area contributed by atoms with Gasteiger partial charge in [-0.05, 0) is 56.2 Å². The Labute approximate surface area is 147 Å². The second kappa shape index (κ2) is 15.9. The van der Waals surface area contributed by atoms with Crippen LogP contribution in [0.1, 0.15) is 44.1 Å². The summed E-state index contributed by atoms with van der Waals surface area (Å²) in [5.41, 5.74) is 1.28. The number of hydrogen-bond acceptors (Lipinski definition) is 4. The molecule has 0 amide bonds. The summed E-state index contributed by atoms with van der Waals surface area (Å²) < 4.78 is 21.7. The first kappa shape index (κ1) is 31.2. The maximum atomic E-state index is 11.9. The molecule has 2 rings (SSSR count). The molecule has 0 aliphatic heterocycles.